The zero-order chi connectivity index (χ0) is 12.8. The maximum Gasteiger partial charge on any atom is 0.251 e. The molecule has 1 aromatic rings. The molecule has 0 aliphatic heterocycles. The van der Waals surface area contributed by atoms with Crippen LogP contribution >= 0.6 is 0 Å². The van der Waals surface area contributed by atoms with Gasteiger partial charge in [-0.25, -0.2) is 0 Å². The highest BCUT2D eigenvalue weighted by atomic mass is 16.1. The Bertz CT molecular complexity index is 380. The number of benzene rings is 1. The van der Waals surface area contributed by atoms with Crippen molar-refractivity contribution in [1.29, 1.82) is 0 Å². The van der Waals surface area contributed by atoms with E-state index in [9.17, 15) is 4.79 Å². The Balaban J connectivity index is 1.72. The van der Waals surface area contributed by atoms with Crippen LogP contribution in [0.15, 0.2) is 24.3 Å². The highest BCUT2D eigenvalue weighted by Crippen LogP contribution is 2.25. The van der Waals surface area contributed by atoms with Gasteiger partial charge in [0.25, 0.3) is 5.91 Å². The topological polar surface area (TPSA) is 55.1 Å². The molecule has 3 N–H and O–H groups in total. The van der Waals surface area contributed by atoms with Gasteiger partial charge in [-0.15, -0.1) is 0 Å². The first-order valence-electron chi connectivity index (χ1n) is 6.89. The lowest BCUT2D eigenvalue weighted by Crippen LogP contribution is -2.26. The molecular weight excluding hydrogens is 224 g/mol. The Morgan fingerprint density at radius 2 is 1.83 bits per heavy atom. The number of hydrogen-bond acceptors (Lipinski definition) is 2. The molecule has 1 aliphatic rings. The summed E-state index contributed by atoms with van der Waals surface area (Å²) in [4.78, 5) is 11.8. The first-order chi connectivity index (χ1) is 8.75. The van der Waals surface area contributed by atoms with Crippen molar-refractivity contribution in [2.45, 2.75) is 38.5 Å². The average molecular weight is 246 g/mol. The molecule has 18 heavy (non-hydrogen) atoms. The molecule has 0 heterocycles. The van der Waals surface area contributed by atoms with Crippen LogP contribution < -0.4 is 11.1 Å². The van der Waals surface area contributed by atoms with Gasteiger partial charge in [0.1, 0.15) is 0 Å². The first-order valence-corrected chi connectivity index (χ1v) is 6.89. The van der Waals surface area contributed by atoms with Gasteiger partial charge in [-0.2, -0.15) is 0 Å². The Morgan fingerprint density at radius 1 is 1.17 bits per heavy atom. The number of anilines is 1. The largest absolute Gasteiger partial charge is 0.399 e. The molecule has 0 saturated heterocycles. The van der Waals surface area contributed by atoms with Crippen LogP contribution in [0, 0.1) is 5.92 Å². The molecule has 1 fully saturated rings. The van der Waals surface area contributed by atoms with E-state index in [-0.39, 0.29) is 5.91 Å². The fraction of sp³-hybridized carbons (Fsp3) is 0.533. The summed E-state index contributed by atoms with van der Waals surface area (Å²) in [6.07, 6.45) is 7.87. The van der Waals surface area contributed by atoms with E-state index in [0.717, 1.165) is 18.9 Å². The molecule has 1 amide bonds. The number of rotatable bonds is 4. The molecule has 0 aromatic heterocycles. The van der Waals surface area contributed by atoms with Crippen LogP contribution in [-0.2, 0) is 0 Å². The predicted octanol–water partition coefficient (Wildman–Crippen LogP) is 2.97. The minimum absolute atomic E-state index is 0.00538. The van der Waals surface area contributed by atoms with Crippen molar-refractivity contribution >= 4 is 11.6 Å². The number of carbonyl (C=O) groups excluding carboxylic acids is 1. The highest BCUT2D eigenvalue weighted by molar-refractivity contribution is 5.94. The fourth-order valence-electron chi connectivity index (χ4n) is 2.60. The zero-order valence-corrected chi connectivity index (χ0v) is 10.8. The third kappa shape index (κ3) is 3.76. The molecule has 0 bridgehead atoms. The van der Waals surface area contributed by atoms with Gasteiger partial charge in [-0.1, -0.05) is 32.1 Å². The van der Waals surface area contributed by atoms with Crippen molar-refractivity contribution in [2.24, 2.45) is 5.92 Å². The van der Waals surface area contributed by atoms with Crippen molar-refractivity contribution in [2.75, 3.05) is 12.3 Å². The molecule has 2 rings (SSSR count). The number of carbonyl (C=O) groups is 1. The average Bonchev–Trinajstić information content (AvgIpc) is 2.40. The van der Waals surface area contributed by atoms with E-state index in [1.165, 1.54) is 32.1 Å². The molecule has 0 radical (unpaired) electrons. The van der Waals surface area contributed by atoms with E-state index >= 15 is 0 Å². The standard InChI is InChI=1S/C15H22N2O/c16-14-8-6-13(7-9-14)15(18)17-11-10-12-4-2-1-3-5-12/h6-9,12H,1-5,10-11,16H2,(H,17,18). The molecule has 1 aliphatic carbocycles. The number of nitrogens with two attached hydrogens (primary N) is 1. The molecule has 1 saturated carbocycles. The molecule has 0 spiro atoms. The second kappa shape index (κ2) is 6.43. The first kappa shape index (κ1) is 12.9. The molecule has 98 valence electrons. The molecule has 3 nitrogen and oxygen atoms in total. The van der Waals surface area contributed by atoms with Gasteiger partial charge in [0.15, 0.2) is 0 Å². The minimum atomic E-state index is 0.00538. The molecule has 3 heteroatoms. The lowest BCUT2D eigenvalue weighted by molar-refractivity contribution is 0.0950. The van der Waals surface area contributed by atoms with E-state index in [1.807, 2.05) is 0 Å². The Labute approximate surface area is 109 Å². The van der Waals surface area contributed by atoms with Crippen LogP contribution in [0.3, 0.4) is 0 Å². The summed E-state index contributed by atoms with van der Waals surface area (Å²) < 4.78 is 0. The number of nitrogen functional groups attached to an aromatic ring is 1. The molecule has 0 unspecified atom stereocenters. The second-order valence-corrected chi connectivity index (χ2v) is 5.17. The number of amides is 1. The predicted molar refractivity (Wildman–Crippen MR) is 74.4 cm³/mol. The van der Waals surface area contributed by atoms with E-state index in [4.69, 9.17) is 5.73 Å². The van der Waals surface area contributed by atoms with Crippen LogP contribution in [0.5, 0.6) is 0 Å². The summed E-state index contributed by atoms with van der Waals surface area (Å²) >= 11 is 0. The van der Waals surface area contributed by atoms with Gasteiger partial charge < -0.3 is 11.1 Å². The summed E-state index contributed by atoms with van der Waals surface area (Å²) in [6.45, 7) is 0.786. The van der Waals surface area contributed by atoms with Crippen molar-refractivity contribution in [3.8, 4) is 0 Å². The van der Waals surface area contributed by atoms with Gasteiger partial charge in [0.2, 0.25) is 0 Å². The maximum atomic E-state index is 11.8. The Morgan fingerprint density at radius 3 is 2.50 bits per heavy atom. The van der Waals surface area contributed by atoms with E-state index in [1.54, 1.807) is 24.3 Å². The molecule has 0 atom stereocenters. The van der Waals surface area contributed by atoms with Gasteiger partial charge >= 0.3 is 0 Å². The van der Waals surface area contributed by atoms with Crippen LogP contribution in [0.25, 0.3) is 0 Å². The summed E-state index contributed by atoms with van der Waals surface area (Å²) in [5.74, 6) is 0.816. The number of hydrogen-bond donors (Lipinski definition) is 2. The SMILES string of the molecule is Nc1ccc(C(=O)NCCC2CCCCC2)cc1. The van der Waals surface area contributed by atoms with Crippen LogP contribution in [-0.4, -0.2) is 12.5 Å². The second-order valence-electron chi connectivity index (χ2n) is 5.17. The summed E-state index contributed by atoms with van der Waals surface area (Å²) in [7, 11) is 0. The minimum Gasteiger partial charge on any atom is -0.399 e. The van der Waals surface area contributed by atoms with Crippen LogP contribution in [0.4, 0.5) is 5.69 Å². The third-order valence-electron chi connectivity index (χ3n) is 3.74. The smallest absolute Gasteiger partial charge is 0.251 e. The lowest BCUT2D eigenvalue weighted by atomic mass is 9.87. The summed E-state index contributed by atoms with van der Waals surface area (Å²) in [5, 5.41) is 2.99. The van der Waals surface area contributed by atoms with Crippen LogP contribution in [0.2, 0.25) is 0 Å². The number of nitrogens with one attached hydrogen (secondary N) is 1. The third-order valence-corrected chi connectivity index (χ3v) is 3.74. The normalized spacial score (nSPS) is 16.4. The summed E-state index contributed by atoms with van der Waals surface area (Å²) in [6, 6.07) is 7.06. The van der Waals surface area contributed by atoms with Gasteiger partial charge in [-0.3, -0.25) is 4.79 Å². The Hall–Kier alpha value is -1.51. The van der Waals surface area contributed by atoms with Crippen LogP contribution in [0.1, 0.15) is 48.9 Å². The van der Waals surface area contributed by atoms with E-state index < -0.39 is 0 Å². The van der Waals surface area contributed by atoms with Crippen molar-refractivity contribution in [3.63, 3.8) is 0 Å². The highest BCUT2D eigenvalue weighted by Gasteiger charge is 2.13. The van der Waals surface area contributed by atoms with E-state index in [0.29, 0.717) is 11.3 Å². The monoisotopic (exact) mass is 246 g/mol. The lowest BCUT2D eigenvalue weighted by Gasteiger charge is -2.21. The fourth-order valence-corrected chi connectivity index (χ4v) is 2.60. The van der Waals surface area contributed by atoms with E-state index in [2.05, 4.69) is 5.32 Å². The molecule has 1 aromatic carbocycles. The quantitative estimate of drug-likeness (QED) is 0.802. The maximum absolute atomic E-state index is 11.8. The Kier molecular flexibility index (Phi) is 4.62. The van der Waals surface area contributed by atoms with Gasteiger partial charge in [0, 0.05) is 17.8 Å². The summed E-state index contributed by atoms with van der Waals surface area (Å²) in [5.41, 5.74) is 6.97. The van der Waals surface area contributed by atoms with Crippen molar-refractivity contribution in [1.82, 2.24) is 5.32 Å². The van der Waals surface area contributed by atoms with Crippen molar-refractivity contribution < 1.29 is 4.79 Å². The zero-order valence-electron chi connectivity index (χ0n) is 10.8. The van der Waals surface area contributed by atoms with Crippen molar-refractivity contribution in [3.05, 3.63) is 29.8 Å². The van der Waals surface area contributed by atoms with Gasteiger partial charge in [-0.05, 0) is 36.6 Å². The van der Waals surface area contributed by atoms with Gasteiger partial charge in [0.05, 0.1) is 0 Å². The molecular formula is C15H22N2O.